The van der Waals surface area contributed by atoms with Crippen LogP contribution in [0.15, 0.2) is 194 Å². The highest BCUT2D eigenvalue weighted by molar-refractivity contribution is 6.16. The predicted molar refractivity (Wildman–Crippen MR) is 233 cm³/mol. The fourth-order valence-electron chi connectivity index (χ4n) is 9.23. The van der Waals surface area contributed by atoms with Crippen molar-refractivity contribution in [2.75, 3.05) is 0 Å². The molecule has 256 valence electrons. The van der Waals surface area contributed by atoms with Crippen LogP contribution in [-0.2, 0) is 0 Å². The Morgan fingerprint density at radius 3 is 1.75 bits per heavy atom. The van der Waals surface area contributed by atoms with E-state index < -0.39 is 0 Å². The summed E-state index contributed by atoms with van der Waals surface area (Å²) < 4.78 is 4.85. The Hall–Kier alpha value is -7.36. The minimum absolute atomic E-state index is 1.16. The lowest BCUT2D eigenvalue weighted by molar-refractivity contribution is 1.18. The second kappa shape index (κ2) is 11.6. The largest absolute Gasteiger partial charge is 0.354 e. The zero-order valence-corrected chi connectivity index (χ0v) is 29.9. The first-order valence-corrected chi connectivity index (χ1v) is 18.9. The molecule has 12 aromatic rings. The van der Waals surface area contributed by atoms with E-state index in [0.29, 0.717) is 0 Å². The van der Waals surface area contributed by atoms with Gasteiger partial charge in [0.25, 0.3) is 0 Å². The van der Waals surface area contributed by atoms with Gasteiger partial charge in [0.1, 0.15) is 0 Å². The summed E-state index contributed by atoms with van der Waals surface area (Å²) in [6.45, 7) is 0. The minimum Gasteiger partial charge on any atom is -0.354 e. The number of fused-ring (bicyclic) bond motifs is 10. The van der Waals surface area contributed by atoms with Gasteiger partial charge in [0, 0.05) is 54.5 Å². The summed E-state index contributed by atoms with van der Waals surface area (Å²) in [5.41, 5.74) is 14.3. The summed E-state index contributed by atoms with van der Waals surface area (Å²) in [4.78, 5) is 3.74. The average Bonchev–Trinajstić information content (AvgIpc) is 3.91. The summed E-state index contributed by atoms with van der Waals surface area (Å²) in [6, 6.07) is 70.9. The first-order chi connectivity index (χ1) is 27.3. The van der Waals surface area contributed by atoms with E-state index in [1.165, 1.54) is 104 Å². The normalized spacial score (nSPS) is 12.0. The van der Waals surface area contributed by atoms with E-state index in [1.54, 1.807) is 0 Å². The summed E-state index contributed by atoms with van der Waals surface area (Å²) in [7, 11) is 0. The molecule has 3 heteroatoms. The van der Waals surface area contributed by atoms with Crippen LogP contribution in [0.2, 0.25) is 0 Å². The topological polar surface area (TPSA) is 25.6 Å². The van der Waals surface area contributed by atoms with Crippen LogP contribution >= 0.6 is 0 Å². The van der Waals surface area contributed by atoms with Crippen molar-refractivity contribution in [1.82, 2.24) is 14.1 Å². The second-order valence-electron chi connectivity index (χ2n) is 14.6. The smallest absolute Gasteiger partial charge is 0.0547 e. The highest BCUT2D eigenvalue weighted by Gasteiger charge is 2.19. The van der Waals surface area contributed by atoms with Crippen molar-refractivity contribution >= 4 is 76.2 Å². The lowest BCUT2D eigenvalue weighted by Gasteiger charge is -2.15. The minimum atomic E-state index is 1.16. The van der Waals surface area contributed by atoms with Gasteiger partial charge in [-0.25, -0.2) is 0 Å². The van der Waals surface area contributed by atoms with Gasteiger partial charge in [0.15, 0.2) is 0 Å². The van der Waals surface area contributed by atoms with Gasteiger partial charge in [-0.1, -0.05) is 140 Å². The van der Waals surface area contributed by atoms with Crippen molar-refractivity contribution in [2.45, 2.75) is 0 Å². The number of benzene rings is 9. The Labute approximate surface area is 316 Å². The van der Waals surface area contributed by atoms with Gasteiger partial charge in [-0.15, -0.1) is 0 Å². The zero-order chi connectivity index (χ0) is 36.0. The van der Waals surface area contributed by atoms with E-state index >= 15 is 0 Å². The molecule has 0 saturated heterocycles. The van der Waals surface area contributed by atoms with Crippen LogP contribution in [0.3, 0.4) is 0 Å². The quantitative estimate of drug-likeness (QED) is 0.189. The lowest BCUT2D eigenvalue weighted by atomic mass is 9.95. The van der Waals surface area contributed by atoms with Crippen molar-refractivity contribution in [3.05, 3.63) is 194 Å². The van der Waals surface area contributed by atoms with Crippen molar-refractivity contribution in [2.24, 2.45) is 0 Å². The highest BCUT2D eigenvalue weighted by atomic mass is 15.0. The molecule has 12 rings (SSSR count). The van der Waals surface area contributed by atoms with Gasteiger partial charge in [-0.05, 0) is 76.7 Å². The zero-order valence-electron chi connectivity index (χ0n) is 29.9. The summed E-state index contributed by atoms with van der Waals surface area (Å²) in [5.74, 6) is 0. The molecule has 1 N–H and O–H groups in total. The Bertz CT molecular complexity index is 3490. The molecule has 0 aliphatic carbocycles. The number of hydrogen-bond acceptors (Lipinski definition) is 0. The molecule has 0 atom stereocenters. The monoisotopic (exact) mass is 699 g/mol. The van der Waals surface area contributed by atoms with Crippen molar-refractivity contribution in [3.63, 3.8) is 0 Å². The maximum absolute atomic E-state index is 3.74. The van der Waals surface area contributed by atoms with Crippen molar-refractivity contribution in [1.29, 1.82) is 0 Å². The molecule has 0 bridgehead atoms. The number of H-pyrrole nitrogens is 1. The third-order valence-electron chi connectivity index (χ3n) is 11.7. The van der Waals surface area contributed by atoms with E-state index in [4.69, 9.17) is 0 Å². The van der Waals surface area contributed by atoms with Gasteiger partial charge < -0.3 is 14.1 Å². The Balaban J connectivity index is 1.05. The second-order valence-corrected chi connectivity index (χ2v) is 14.6. The van der Waals surface area contributed by atoms with Crippen LogP contribution in [0, 0.1) is 0 Å². The molecule has 3 heterocycles. The standard InChI is InChI=1S/C52H33N3/c1-2-13-35(14-3-1)54-47-23-10-7-18-40(47)42-27-25-34(32-51(42)54)33-26-29-50-45(31-33)41-19-8-11-24-48(41)55(50)49-30-28-37(36-15-4-5-17-39(36)49)43-20-12-21-44-38-16-6-9-22-46(38)53-52(43)44/h1-32,53H. The Morgan fingerprint density at radius 2 is 0.909 bits per heavy atom. The molecule has 0 radical (unpaired) electrons. The Kier molecular flexibility index (Phi) is 6.34. The molecule has 3 nitrogen and oxygen atoms in total. The lowest BCUT2D eigenvalue weighted by Crippen LogP contribution is -1.96. The van der Waals surface area contributed by atoms with Crippen LogP contribution in [-0.4, -0.2) is 14.1 Å². The van der Waals surface area contributed by atoms with Crippen LogP contribution in [0.1, 0.15) is 0 Å². The molecule has 3 aromatic heterocycles. The first kappa shape index (κ1) is 30.1. The van der Waals surface area contributed by atoms with Gasteiger partial charge in [-0.3, -0.25) is 0 Å². The van der Waals surface area contributed by atoms with E-state index in [9.17, 15) is 0 Å². The third-order valence-corrected chi connectivity index (χ3v) is 11.7. The van der Waals surface area contributed by atoms with E-state index in [-0.39, 0.29) is 0 Å². The molecule has 0 fully saturated rings. The molecule has 0 spiro atoms. The molecule has 0 amide bonds. The van der Waals surface area contributed by atoms with Crippen LogP contribution < -0.4 is 0 Å². The number of aromatic amines is 1. The number of rotatable bonds is 4. The van der Waals surface area contributed by atoms with E-state index in [2.05, 4.69) is 208 Å². The summed E-state index contributed by atoms with van der Waals surface area (Å²) in [6.07, 6.45) is 0. The molecule has 0 unspecified atom stereocenters. The van der Waals surface area contributed by atoms with Crippen LogP contribution in [0.5, 0.6) is 0 Å². The van der Waals surface area contributed by atoms with Gasteiger partial charge >= 0.3 is 0 Å². The summed E-state index contributed by atoms with van der Waals surface area (Å²) >= 11 is 0. The van der Waals surface area contributed by atoms with E-state index in [1.807, 2.05) is 0 Å². The Morgan fingerprint density at radius 1 is 0.309 bits per heavy atom. The summed E-state index contributed by atoms with van der Waals surface area (Å²) in [5, 5.41) is 9.97. The predicted octanol–water partition coefficient (Wildman–Crippen LogP) is 14.0. The number of aromatic nitrogens is 3. The number of nitrogens with one attached hydrogen (secondary N) is 1. The first-order valence-electron chi connectivity index (χ1n) is 18.9. The molecule has 0 aliphatic rings. The molecular formula is C52H33N3. The fraction of sp³-hybridized carbons (Fsp3) is 0. The van der Waals surface area contributed by atoms with Crippen molar-refractivity contribution < 1.29 is 0 Å². The van der Waals surface area contributed by atoms with Gasteiger partial charge in [0.2, 0.25) is 0 Å². The molecule has 9 aromatic carbocycles. The molecular weight excluding hydrogens is 667 g/mol. The van der Waals surface area contributed by atoms with Gasteiger partial charge in [0.05, 0.1) is 33.3 Å². The van der Waals surface area contributed by atoms with Crippen molar-refractivity contribution in [3.8, 4) is 33.6 Å². The number of hydrogen-bond donors (Lipinski definition) is 1. The molecule has 0 aliphatic heterocycles. The SMILES string of the molecule is c1ccc(-n2c3ccccc3c3ccc(-c4ccc5c(c4)c4ccccc4n5-c4ccc(-c5cccc6c5[nH]c5ccccc56)c5ccccc45)cc32)cc1. The highest BCUT2D eigenvalue weighted by Crippen LogP contribution is 2.42. The average molecular weight is 700 g/mol. The maximum atomic E-state index is 3.74. The van der Waals surface area contributed by atoms with Crippen LogP contribution in [0.25, 0.3) is 110 Å². The maximum Gasteiger partial charge on any atom is 0.0547 e. The number of nitrogens with zero attached hydrogens (tertiary/aromatic N) is 2. The molecule has 0 saturated carbocycles. The van der Waals surface area contributed by atoms with Crippen LogP contribution in [0.4, 0.5) is 0 Å². The third kappa shape index (κ3) is 4.38. The van der Waals surface area contributed by atoms with Gasteiger partial charge in [-0.2, -0.15) is 0 Å². The molecule has 55 heavy (non-hydrogen) atoms. The van der Waals surface area contributed by atoms with E-state index in [0.717, 1.165) is 5.52 Å². The number of para-hydroxylation sites is 5. The fourth-order valence-corrected chi connectivity index (χ4v) is 9.23.